The molecule has 13 heteroatoms. The van der Waals surface area contributed by atoms with Gasteiger partial charge in [-0.15, -0.1) is 10.2 Å². The number of halogens is 2. The minimum absolute atomic E-state index is 0.0963. The zero-order valence-electron chi connectivity index (χ0n) is 18.0. The average Bonchev–Trinajstić information content (AvgIpc) is 3.58. The van der Waals surface area contributed by atoms with Crippen molar-refractivity contribution in [2.75, 3.05) is 18.8 Å². The predicted molar refractivity (Wildman–Crippen MR) is 116 cm³/mol. The van der Waals surface area contributed by atoms with E-state index in [9.17, 15) is 13.6 Å². The second-order valence-corrected chi connectivity index (χ2v) is 7.85. The lowest BCUT2D eigenvalue weighted by atomic mass is 10.1. The highest BCUT2D eigenvalue weighted by Gasteiger charge is 2.21. The van der Waals surface area contributed by atoms with Crippen molar-refractivity contribution in [1.29, 1.82) is 0 Å². The Balaban J connectivity index is 1.38. The minimum Gasteiger partial charge on any atom is -0.383 e. The number of tetrazole rings is 1. The van der Waals surface area contributed by atoms with E-state index in [0.717, 1.165) is 30.1 Å². The monoisotopic (exact) mass is 466 g/mol. The van der Waals surface area contributed by atoms with E-state index in [1.54, 1.807) is 16.9 Å². The smallest absolute Gasteiger partial charge is 0.222 e. The standard InChI is InChI=1S/C21H20F2N10O/c22-15-4-1-5-17(19(15)23)33-21(27-28-30-33)14-10-13(11-25-20(14)24)16-12-32(29-26-16)9-3-8-31-7-2-6-18(31)34/h1,4-5,10-12H,2-3,6-9H2,(H2,24,25). The van der Waals surface area contributed by atoms with Crippen LogP contribution in [0.4, 0.5) is 14.6 Å². The third-order valence-corrected chi connectivity index (χ3v) is 5.61. The molecule has 5 rings (SSSR count). The van der Waals surface area contributed by atoms with Crippen molar-refractivity contribution < 1.29 is 13.6 Å². The van der Waals surface area contributed by atoms with Gasteiger partial charge in [0.1, 0.15) is 17.2 Å². The number of amides is 1. The largest absolute Gasteiger partial charge is 0.383 e. The van der Waals surface area contributed by atoms with Gasteiger partial charge in [0, 0.05) is 37.8 Å². The van der Waals surface area contributed by atoms with E-state index in [1.165, 1.54) is 18.3 Å². The maximum atomic E-state index is 14.3. The molecule has 4 aromatic rings. The molecule has 174 valence electrons. The maximum absolute atomic E-state index is 14.3. The van der Waals surface area contributed by atoms with E-state index in [2.05, 4.69) is 30.8 Å². The van der Waals surface area contributed by atoms with Gasteiger partial charge in [-0.2, -0.15) is 4.68 Å². The Labute approximate surface area is 192 Å². The van der Waals surface area contributed by atoms with Crippen molar-refractivity contribution in [2.45, 2.75) is 25.8 Å². The number of carbonyl (C=O) groups is 1. The number of hydrogen-bond acceptors (Lipinski definition) is 8. The summed E-state index contributed by atoms with van der Waals surface area (Å²) in [5.41, 5.74) is 7.36. The van der Waals surface area contributed by atoms with Crippen LogP contribution in [0.3, 0.4) is 0 Å². The Bertz CT molecular complexity index is 1350. The molecule has 3 aromatic heterocycles. The number of hydrogen-bond donors (Lipinski definition) is 1. The van der Waals surface area contributed by atoms with Crippen LogP contribution >= 0.6 is 0 Å². The number of benzene rings is 1. The number of nitrogens with two attached hydrogens (primary N) is 1. The van der Waals surface area contributed by atoms with Gasteiger partial charge in [-0.25, -0.2) is 13.8 Å². The van der Waals surface area contributed by atoms with Gasteiger partial charge in [0.25, 0.3) is 0 Å². The molecular formula is C21H20F2N10O. The van der Waals surface area contributed by atoms with Crippen molar-refractivity contribution in [1.82, 2.24) is 45.1 Å². The Kier molecular flexibility index (Phi) is 5.65. The van der Waals surface area contributed by atoms with Crippen LogP contribution < -0.4 is 5.73 Å². The van der Waals surface area contributed by atoms with Crippen LogP contribution in [0.1, 0.15) is 19.3 Å². The second kappa shape index (κ2) is 8.92. The summed E-state index contributed by atoms with van der Waals surface area (Å²) in [6, 6.07) is 5.38. The summed E-state index contributed by atoms with van der Waals surface area (Å²) in [6.07, 6.45) is 5.59. The summed E-state index contributed by atoms with van der Waals surface area (Å²) in [4.78, 5) is 17.8. The molecule has 1 aliphatic heterocycles. The van der Waals surface area contributed by atoms with Crippen LogP contribution in [0.2, 0.25) is 0 Å². The van der Waals surface area contributed by atoms with E-state index in [-0.39, 0.29) is 23.2 Å². The van der Waals surface area contributed by atoms with Crippen LogP contribution in [-0.2, 0) is 11.3 Å². The molecule has 0 atom stereocenters. The fourth-order valence-corrected chi connectivity index (χ4v) is 3.87. The lowest BCUT2D eigenvalue weighted by Gasteiger charge is -2.14. The van der Waals surface area contributed by atoms with Crippen molar-refractivity contribution in [3.63, 3.8) is 0 Å². The van der Waals surface area contributed by atoms with Crippen molar-refractivity contribution in [3.05, 3.63) is 48.3 Å². The van der Waals surface area contributed by atoms with E-state index >= 15 is 0 Å². The molecular weight excluding hydrogens is 446 g/mol. The number of nitrogen functional groups attached to an aromatic ring is 1. The van der Waals surface area contributed by atoms with Crippen molar-refractivity contribution >= 4 is 11.7 Å². The molecule has 1 fully saturated rings. The first kappa shape index (κ1) is 21.6. The van der Waals surface area contributed by atoms with Gasteiger partial charge in [0.15, 0.2) is 17.5 Å². The van der Waals surface area contributed by atoms with Gasteiger partial charge >= 0.3 is 0 Å². The third kappa shape index (κ3) is 4.07. The van der Waals surface area contributed by atoms with Gasteiger partial charge in [0.05, 0.1) is 11.8 Å². The normalized spacial score (nSPS) is 13.7. The molecule has 0 radical (unpaired) electrons. The Morgan fingerprint density at radius 1 is 1.12 bits per heavy atom. The van der Waals surface area contributed by atoms with Crippen LogP contribution in [0.25, 0.3) is 28.3 Å². The van der Waals surface area contributed by atoms with Gasteiger partial charge in [0.2, 0.25) is 5.91 Å². The number of likely N-dealkylation sites (tertiary alicyclic amines) is 1. The van der Waals surface area contributed by atoms with Crippen LogP contribution in [0.15, 0.2) is 36.7 Å². The molecule has 2 N–H and O–H groups in total. The van der Waals surface area contributed by atoms with Crippen molar-refractivity contribution in [3.8, 4) is 28.3 Å². The lowest BCUT2D eigenvalue weighted by Crippen LogP contribution is -2.26. The van der Waals surface area contributed by atoms with E-state index in [1.807, 2.05) is 4.90 Å². The summed E-state index contributed by atoms with van der Waals surface area (Å²) in [7, 11) is 0. The number of carbonyl (C=O) groups excluding carboxylic acids is 1. The highest BCUT2D eigenvalue weighted by atomic mass is 19.2. The summed E-state index contributed by atoms with van der Waals surface area (Å²) in [6.45, 7) is 2.09. The summed E-state index contributed by atoms with van der Waals surface area (Å²) in [5.74, 6) is -1.71. The topological polar surface area (TPSA) is 134 Å². The highest BCUT2D eigenvalue weighted by molar-refractivity contribution is 5.78. The second-order valence-electron chi connectivity index (χ2n) is 7.85. The Hall–Kier alpha value is -4.29. The van der Waals surface area contributed by atoms with E-state index in [4.69, 9.17) is 5.73 Å². The quantitative estimate of drug-likeness (QED) is 0.436. The molecule has 4 heterocycles. The zero-order chi connectivity index (χ0) is 23.7. The number of anilines is 1. The summed E-state index contributed by atoms with van der Waals surface area (Å²) < 4.78 is 30.8. The van der Waals surface area contributed by atoms with E-state index in [0.29, 0.717) is 36.3 Å². The van der Waals surface area contributed by atoms with Crippen LogP contribution in [0, 0.1) is 11.6 Å². The average molecular weight is 466 g/mol. The summed E-state index contributed by atoms with van der Waals surface area (Å²) >= 11 is 0. The summed E-state index contributed by atoms with van der Waals surface area (Å²) in [5, 5.41) is 19.7. The molecule has 1 aromatic carbocycles. The molecule has 1 aliphatic rings. The first-order valence-electron chi connectivity index (χ1n) is 10.7. The fourth-order valence-electron chi connectivity index (χ4n) is 3.87. The number of rotatable bonds is 7. The number of pyridine rings is 1. The van der Waals surface area contributed by atoms with Crippen LogP contribution in [-0.4, -0.2) is 64.1 Å². The van der Waals surface area contributed by atoms with Gasteiger partial charge < -0.3 is 10.6 Å². The Morgan fingerprint density at radius 3 is 2.82 bits per heavy atom. The third-order valence-electron chi connectivity index (χ3n) is 5.61. The van der Waals surface area contributed by atoms with Gasteiger partial charge in [-0.05, 0) is 41.5 Å². The molecule has 0 aliphatic carbocycles. The number of aryl methyl sites for hydroxylation is 1. The first-order chi connectivity index (χ1) is 16.5. The molecule has 0 saturated carbocycles. The minimum atomic E-state index is -1.09. The van der Waals surface area contributed by atoms with Crippen LogP contribution in [0.5, 0.6) is 0 Å². The van der Waals surface area contributed by atoms with Crippen molar-refractivity contribution in [2.24, 2.45) is 0 Å². The fraction of sp³-hybridized carbons (Fsp3) is 0.286. The van der Waals surface area contributed by atoms with Gasteiger partial charge in [-0.3, -0.25) is 9.48 Å². The highest BCUT2D eigenvalue weighted by Crippen LogP contribution is 2.29. The molecule has 1 amide bonds. The molecule has 0 unspecified atom stereocenters. The SMILES string of the molecule is Nc1ncc(-c2cn(CCCN3CCCC3=O)nn2)cc1-c1nnnn1-c1cccc(F)c1F. The molecule has 0 spiro atoms. The molecule has 1 saturated heterocycles. The number of aromatic nitrogens is 8. The number of nitrogens with zero attached hydrogens (tertiary/aromatic N) is 9. The molecule has 11 nitrogen and oxygen atoms in total. The predicted octanol–water partition coefficient (Wildman–Crippen LogP) is 1.86. The van der Waals surface area contributed by atoms with Gasteiger partial charge in [-0.1, -0.05) is 11.3 Å². The maximum Gasteiger partial charge on any atom is 0.222 e. The molecule has 0 bridgehead atoms. The first-order valence-corrected chi connectivity index (χ1v) is 10.7. The molecule has 34 heavy (non-hydrogen) atoms. The van der Waals surface area contributed by atoms with E-state index < -0.39 is 11.6 Å². The zero-order valence-corrected chi connectivity index (χ0v) is 18.0. The lowest BCUT2D eigenvalue weighted by molar-refractivity contribution is -0.127. The Morgan fingerprint density at radius 2 is 2.00 bits per heavy atom.